The number of halogens is 1. The van der Waals surface area contributed by atoms with Gasteiger partial charge in [0, 0.05) is 6.20 Å². The molecule has 0 radical (unpaired) electrons. The van der Waals surface area contributed by atoms with Crippen LogP contribution in [0.4, 0.5) is 4.39 Å². The van der Waals surface area contributed by atoms with Crippen LogP contribution in [0.15, 0.2) is 52.5 Å². The first-order valence-electron chi connectivity index (χ1n) is 4.78. The van der Waals surface area contributed by atoms with Crippen molar-refractivity contribution < 1.29 is 9.50 Å². The Kier molecular flexibility index (Phi) is 3.54. The molecule has 2 nitrogen and oxygen atoms in total. The molecular formula is C12H10FNOS. The summed E-state index contributed by atoms with van der Waals surface area (Å²) in [5.41, 5.74) is 0.579. The summed E-state index contributed by atoms with van der Waals surface area (Å²) in [5, 5.41) is 9.83. The Hall–Kier alpha value is -1.39. The SMILES string of the molecule is OCc1cccc(F)c1Sc1ccccn1. The molecule has 0 saturated heterocycles. The Morgan fingerprint density at radius 2 is 2.06 bits per heavy atom. The molecule has 2 aromatic rings. The Bertz CT molecular complexity index is 476. The van der Waals surface area contributed by atoms with E-state index in [0.717, 1.165) is 0 Å². The molecule has 0 atom stereocenters. The summed E-state index contributed by atoms with van der Waals surface area (Å²) in [7, 11) is 0. The van der Waals surface area contributed by atoms with Gasteiger partial charge in [-0.15, -0.1) is 0 Å². The third-order valence-corrected chi connectivity index (χ3v) is 3.18. The fourth-order valence-electron chi connectivity index (χ4n) is 1.30. The quantitative estimate of drug-likeness (QED) is 0.888. The molecule has 1 aromatic carbocycles. The van der Waals surface area contributed by atoms with Gasteiger partial charge in [-0.1, -0.05) is 30.0 Å². The highest BCUT2D eigenvalue weighted by molar-refractivity contribution is 7.99. The van der Waals surface area contributed by atoms with Crippen molar-refractivity contribution in [3.8, 4) is 0 Å². The van der Waals surface area contributed by atoms with Crippen molar-refractivity contribution in [1.29, 1.82) is 0 Å². The highest BCUT2D eigenvalue weighted by Crippen LogP contribution is 2.31. The monoisotopic (exact) mass is 235 g/mol. The molecule has 0 aliphatic rings. The van der Waals surface area contributed by atoms with Crippen LogP contribution in [0.3, 0.4) is 0 Å². The van der Waals surface area contributed by atoms with Gasteiger partial charge in [-0.2, -0.15) is 0 Å². The minimum Gasteiger partial charge on any atom is -0.392 e. The van der Waals surface area contributed by atoms with Crippen LogP contribution in [0.1, 0.15) is 5.56 Å². The Labute approximate surface area is 97.2 Å². The molecule has 0 unspecified atom stereocenters. The second-order valence-corrected chi connectivity index (χ2v) is 4.19. The highest BCUT2D eigenvalue weighted by atomic mass is 32.2. The maximum Gasteiger partial charge on any atom is 0.137 e. The van der Waals surface area contributed by atoms with E-state index in [2.05, 4.69) is 4.98 Å². The minimum absolute atomic E-state index is 0.174. The predicted octanol–water partition coefficient (Wildman–Crippen LogP) is 2.86. The van der Waals surface area contributed by atoms with Crippen LogP contribution in [0, 0.1) is 5.82 Å². The van der Waals surface area contributed by atoms with Crippen molar-refractivity contribution in [2.75, 3.05) is 0 Å². The van der Waals surface area contributed by atoms with Crippen molar-refractivity contribution >= 4 is 11.8 Å². The van der Waals surface area contributed by atoms with E-state index in [4.69, 9.17) is 5.11 Å². The van der Waals surface area contributed by atoms with E-state index in [1.165, 1.54) is 17.8 Å². The second kappa shape index (κ2) is 5.09. The maximum absolute atomic E-state index is 13.6. The van der Waals surface area contributed by atoms with Crippen LogP contribution < -0.4 is 0 Å². The lowest BCUT2D eigenvalue weighted by Crippen LogP contribution is -1.91. The summed E-state index contributed by atoms with van der Waals surface area (Å²) in [4.78, 5) is 4.54. The number of pyridine rings is 1. The molecular weight excluding hydrogens is 225 g/mol. The molecule has 0 amide bonds. The third-order valence-electron chi connectivity index (χ3n) is 2.06. The molecule has 0 spiro atoms. The summed E-state index contributed by atoms with van der Waals surface area (Å²) >= 11 is 1.22. The van der Waals surface area contributed by atoms with Crippen LogP contribution in [0.5, 0.6) is 0 Å². The molecule has 1 N–H and O–H groups in total. The van der Waals surface area contributed by atoms with Crippen LogP contribution in [-0.4, -0.2) is 10.1 Å². The number of aliphatic hydroxyl groups is 1. The fraction of sp³-hybridized carbons (Fsp3) is 0.0833. The number of rotatable bonds is 3. The first-order valence-corrected chi connectivity index (χ1v) is 5.60. The summed E-state index contributed by atoms with van der Waals surface area (Å²) in [5.74, 6) is -0.331. The van der Waals surface area contributed by atoms with E-state index in [1.807, 2.05) is 6.07 Å². The predicted molar refractivity (Wildman–Crippen MR) is 60.7 cm³/mol. The van der Waals surface area contributed by atoms with Crippen LogP contribution in [0.2, 0.25) is 0 Å². The Morgan fingerprint density at radius 1 is 1.19 bits per heavy atom. The number of hydrogen-bond acceptors (Lipinski definition) is 3. The number of nitrogens with zero attached hydrogens (tertiary/aromatic N) is 1. The zero-order valence-electron chi connectivity index (χ0n) is 8.43. The molecule has 0 aliphatic carbocycles. The molecule has 1 heterocycles. The summed E-state index contributed by atoms with van der Waals surface area (Å²) < 4.78 is 13.6. The second-order valence-electron chi connectivity index (χ2n) is 3.16. The van der Waals surface area contributed by atoms with Gasteiger partial charge >= 0.3 is 0 Å². The van der Waals surface area contributed by atoms with Gasteiger partial charge in [0.05, 0.1) is 11.5 Å². The van der Waals surface area contributed by atoms with Gasteiger partial charge in [0.25, 0.3) is 0 Å². The van der Waals surface area contributed by atoms with Crippen molar-refractivity contribution in [1.82, 2.24) is 4.98 Å². The van der Waals surface area contributed by atoms with Gasteiger partial charge in [0.1, 0.15) is 10.8 Å². The number of aliphatic hydroxyl groups excluding tert-OH is 1. The first kappa shape index (κ1) is 11.1. The van der Waals surface area contributed by atoms with E-state index < -0.39 is 0 Å². The summed E-state index contributed by atoms with van der Waals surface area (Å²) in [6.07, 6.45) is 1.65. The normalized spacial score (nSPS) is 10.4. The topological polar surface area (TPSA) is 33.1 Å². The van der Waals surface area contributed by atoms with E-state index in [0.29, 0.717) is 15.5 Å². The van der Waals surface area contributed by atoms with Crippen LogP contribution in [0.25, 0.3) is 0 Å². The molecule has 16 heavy (non-hydrogen) atoms. The molecule has 1 aromatic heterocycles. The summed E-state index contributed by atoms with van der Waals surface area (Å²) in [6.45, 7) is -0.174. The van der Waals surface area contributed by atoms with Crippen LogP contribution >= 0.6 is 11.8 Å². The maximum atomic E-state index is 13.6. The lowest BCUT2D eigenvalue weighted by atomic mass is 10.2. The van der Waals surface area contributed by atoms with Gasteiger partial charge in [-0.05, 0) is 23.8 Å². The van der Waals surface area contributed by atoms with Gasteiger partial charge in [-0.25, -0.2) is 9.37 Å². The fourth-order valence-corrected chi connectivity index (χ4v) is 2.20. The van der Waals surface area contributed by atoms with Crippen molar-refractivity contribution in [2.24, 2.45) is 0 Å². The van der Waals surface area contributed by atoms with E-state index in [-0.39, 0.29) is 12.4 Å². The zero-order chi connectivity index (χ0) is 11.4. The molecule has 0 fully saturated rings. The minimum atomic E-state index is -0.331. The largest absolute Gasteiger partial charge is 0.392 e. The van der Waals surface area contributed by atoms with Crippen molar-refractivity contribution in [2.45, 2.75) is 16.5 Å². The van der Waals surface area contributed by atoms with Crippen LogP contribution in [-0.2, 0) is 6.61 Å². The first-order chi connectivity index (χ1) is 7.81. The van der Waals surface area contributed by atoms with E-state index >= 15 is 0 Å². The smallest absolute Gasteiger partial charge is 0.137 e. The van der Waals surface area contributed by atoms with Crippen molar-refractivity contribution in [3.63, 3.8) is 0 Å². The molecule has 0 saturated carbocycles. The lowest BCUT2D eigenvalue weighted by molar-refractivity contribution is 0.277. The number of hydrogen-bond donors (Lipinski definition) is 1. The average Bonchev–Trinajstić information content (AvgIpc) is 2.33. The Morgan fingerprint density at radius 3 is 2.75 bits per heavy atom. The molecule has 0 aliphatic heterocycles. The van der Waals surface area contributed by atoms with Gasteiger partial charge in [0.2, 0.25) is 0 Å². The van der Waals surface area contributed by atoms with Gasteiger partial charge in [0.15, 0.2) is 0 Å². The molecule has 82 valence electrons. The molecule has 0 bridgehead atoms. The third kappa shape index (κ3) is 2.40. The van der Waals surface area contributed by atoms with Gasteiger partial charge < -0.3 is 5.11 Å². The summed E-state index contributed by atoms with van der Waals surface area (Å²) in [6, 6.07) is 10.1. The number of benzene rings is 1. The highest BCUT2D eigenvalue weighted by Gasteiger charge is 2.09. The molecule has 2 rings (SSSR count). The van der Waals surface area contributed by atoms with E-state index in [1.54, 1.807) is 30.5 Å². The average molecular weight is 235 g/mol. The standard InChI is InChI=1S/C12H10FNOS/c13-10-5-3-4-9(8-15)12(10)16-11-6-1-2-7-14-11/h1-7,15H,8H2. The molecule has 4 heteroatoms. The lowest BCUT2D eigenvalue weighted by Gasteiger charge is -2.07. The van der Waals surface area contributed by atoms with Gasteiger partial charge in [-0.3, -0.25) is 0 Å². The Balaban J connectivity index is 2.34. The number of aromatic nitrogens is 1. The van der Waals surface area contributed by atoms with Crippen molar-refractivity contribution in [3.05, 3.63) is 54.0 Å². The zero-order valence-corrected chi connectivity index (χ0v) is 9.25. The van der Waals surface area contributed by atoms with E-state index in [9.17, 15) is 4.39 Å².